The first-order chi connectivity index (χ1) is 24.2. The molecule has 0 spiro atoms. The van der Waals surface area contributed by atoms with Crippen LogP contribution in [0.25, 0.3) is 6.08 Å². The van der Waals surface area contributed by atoms with Crippen molar-refractivity contribution in [3.05, 3.63) is 109 Å². The molecule has 0 aromatic heterocycles. The number of carbonyl (C=O) groups excluding carboxylic acids is 4. The maximum absolute atomic E-state index is 12.6. The van der Waals surface area contributed by atoms with E-state index in [0.29, 0.717) is 61.8 Å². The molecule has 0 aliphatic carbocycles. The van der Waals surface area contributed by atoms with Crippen LogP contribution >= 0.6 is 0 Å². The van der Waals surface area contributed by atoms with Gasteiger partial charge in [0.15, 0.2) is 0 Å². The standard InChI is InChI=1S/C39H42N2O9/c1-5-37(43)48-23-9-7-21-46-32-15-11-30(12-16-32)27-40-35-19-18-34(25-28(35)3)50-39(45)20-14-31-13-17-33(26-36(31)41-29(4)42)47-22-8-10-24-49-38(44)6-2/h5-6,11-20,25-27H,1-2,7-10,21-24H2,3-4H3,(H,41,42)/b20-14+,40-27+. The summed E-state index contributed by atoms with van der Waals surface area (Å²) >= 11 is 0. The van der Waals surface area contributed by atoms with E-state index in [1.165, 1.54) is 13.0 Å². The van der Waals surface area contributed by atoms with Gasteiger partial charge in [0.1, 0.15) is 17.2 Å². The van der Waals surface area contributed by atoms with Gasteiger partial charge in [-0.15, -0.1) is 0 Å². The summed E-state index contributed by atoms with van der Waals surface area (Å²) in [4.78, 5) is 51.2. The van der Waals surface area contributed by atoms with Gasteiger partial charge < -0.3 is 29.0 Å². The van der Waals surface area contributed by atoms with Crippen LogP contribution in [0.2, 0.25) is 0 Å². The van der Waals surface area contributed by atoms with E-state index in [1.807, 2.05) is 31.2 Å². The lowest BCUT2D eigenvalue weighted by atomic mass is 10.1. The molecule has 0 heterocycles. The first-order valence-corrected chi connectivity index (χ1v) is 16.1. The minimum atomic E-state index is -0.592. The number of esters is 3. The number of unbranched alkanes of at least 4 members (excludes halogenated alkanes) is 2. The average molecular weight is 683 g/mol. The van der Waals surface area contributed by atoms with Gasteiger partial charge in [-0.1, -0.05) is 13.2 Å². The summed E-state index contributed by atoms with van der Waals surface area (Å²) in [5, 5.41) is 2.75. The fourth-order valence-corrected chi connectivity index (χ4v) is 4.26. The number of nitrogens with zero attached hydrogens (tertiary/aromatic N) is 1. The van der Waals surface area contributed by atoms with Crippen molar-refractivity contribution in [3.63, 3.8) is 0 Å². The van der Waals surface area contributed by atoms with E-state index in [9.17, 15) is 19.2 Å². The third kappa shape index (κ3) is 14.4. The van der Waals surface area contributed by atoms with Gasteiger partial charge in [0, 0.05) is 37.4 Å². The molecular formula is C39H42N2O9. The van der Waals surface area contributed by atoms with Crippen LogP contribution in [0.4, 0.5) is 11.4 Å². The number of aliphatic imine (C=N–C) groups is 1. The molecule has 1 amide bonds. The van der Waals surface area contributed by atoms with E-state index < -0.39 is 17.9 Å². The summed E-state index contributed by atoms with van der Waals surface area (Å²) in [5.41, 5.74) is 3.48. The van der Waals surface area contributed by atoms with Gasteiger partial charge in [-0.05, 0) is 110 Å². The van der Waals surface area contributed by atoms with E-state index in [2.05, 4.69) is 23.5 Å². The maximum atomic E-state index is 12.6. The summed E-state index contributed by atoms with van der Waals surface area (Å²) < 4.78 is 26.9. The molecule has 0 fully saturated rings. The molecule has 3 rings (SSSR count). The number of rotatable bonds is 20. The molecule has 0 atom stereocenters. The smallest absolute Gasteiger partial charge is 0.336 e. The van der Waals surface area contributed by atoms with Crippen molar-refractivity contribution in [2.45, 2.75) is 39.5 Å². The summed E-state index contributed by atoms with van der Waals surface area (Å²) in [6, 6.07) is 17.8. The first kappa shape index (κ1) is 38.5. The van der Waals surface area contributed by atoms with Gasteiger partial charge in [0.2, 0.25) is 5.91 Å². The molecule has 0 unspecified atom stereocenters. The Morgan fingerprint density at radius 3 is 1.90 bits per heavy atom. The summed E-state index contributed by atoms with van der Waals surface area (Å²) in [6.07, 6.45) is 9.57. The Kier molecular flexibility index (Phi) is 16.2. The van der Waals surface area contributed by atoms with Crippen LogP contribution in [0, 0.1) is 6.92 Å². The molecular weight excluding hydrogens is 640 g/mol. The molecule has 0 aliphatic rings. The van der Waals surface area contributed by atoms with Crippen LogP contribution in [0.1, 0.15) is 49.3 Å². The third-order valence-electron chi connectivity index (χ3n) is 6.79. The number of benzene rings is 3. The Labute approximate surface area is 292 Å². The fraction of sp³-hybridized carbons (Fsp3) is 0.256. The summed E-state index contributed by atoms with van der Waals surface area (Å²) in [7, 11) is 0. The molecule has 50 heavy (non-hydrogen) atoms. The minimum absolute atomic E-state index is 0.276. The lowest BCUT2D eigenvalue weighted by Crippen LogP contribution is -2.08. The van der Waals surface area contributed by atoms with Crippen molar-refractivity contribution in [2.75, 3.05) is 31.7 Å². The van der Waals surface area contributed by atoms with E-state index in [4.69, 9.17) is 23.7 Å². The van der Waals surface area contributed by atoms with Crippen molar-refractivity contribution in [3.8, 4) is 17.2 Å². The molecule has 262 valence electrons. The van der Waals surface area contributed by atoms with Crippen LogP contribution in [-0.2, 0) is 28.7 Å². The number of ether oxygens (including phenoxy) is 5. The quantitative estimate of drug-likeness (QED) is 0.0435. The minimum Gasteiger partial charge on any atom is -0.494 e. The molecule has 11 heteroatoms. The zero-order valence-corrected chi connectivity index (χ0v) is 28.4. The summed E-state index contributed by atoms with van der Waals surface area (Å²) in [6.45, 7) is 11.5. The Hall–Kier alpha value is -5.97. The predicted octanol–water partition coefficient (Wildman–Crippen LogP) is 7.10. The fourth-order valence-electron chi connectivity index (χ4n) is 4.26. The number of amides is 1. The molecule has 1 N–H and O–H groups in total. The van der Waals surface area contributed by atoms with Crippen molar-refractivity contribution in [2.24, 2.45) is 4.99 Å². The second-order valence-corrected chi connectivity index (χ2v) is 10.8. The van der Waals surface area contributed by atoms with E-state index in [1.54, 1.807) is 48.7 Å². The average Bonchev–Trinajstić information content (AvgIpc) is 3.10. The van der Waals surface area contributed by atoms with Crippen LogP contribution in [-0.4, -0.2) is 56.5 Å². The number of nitrogens with one attached hydrogen (secondary N) is 1. The van der Waals surface area contributed by atoms with Gasteiger partial charge in [-0.2, -0.15) is 0 Å². The first-order valence-electron chi connectivity index (χ1n) is 16.1. The highest BCUT2D eigenvalue weighted by Gasteiger charge is 2.08. The highest BCUT2D eigenvalue weighted by Crippen LogP contribution is 2.26. The number of hydrogen-bond acceptors (Lipinski definition) is 10. The van der Waals surface area contributed by atoms with Crippen molar-refractivity contribution >= 4 is 47.5 Å². The van der Waals surface area contributed by atoms with Crippen LogP contribution < -0.4 is 19.5 Å². The maximum Gasteiger partial charge on any atom is 0.336 e. The van der Waals surface area contributed by atoms with Crippen LogP contribution in [0.5, 0.6) is 17.2 Å². The molecule has 3 aromatic rings. The van der Waals surface area contributed by atoms with Crippen LogP contribution in [0.15, 0.2) is 97.0 Å². The predicted molar refractivity (Wildman–Crippen MR) is 192 cm³/mol. The number of carbonyl (C=O) groups is 4. The van der Waals surface area contributed by atoms with Gasteiger partial charge in [-0.25, -0.2) is 14.4 Å². The number of aryl methyl sites for hydroxylation is 1. The Morgan fingerprint density at radius 2 is 1.30 bits per heavy atom. The molecule has 11 nitrogen and oxygen atoms in total. The van der Waals surface area contributed by atoms with Crippen molar-refractivity contribution in [1.82, 2.24) is 0 Å². The Morgan fingerprint density at radius 1 is 0.720 bits per heavy atom. The molecule has 0 saturated carbocycles. The molecule has 0 aliphatic heterocycles. The normalized spacial score (nSPS) is 10.8. The topological polar surface area (TPSA) is 139 Å². The van der Waals surface area contributed by atoms with E-state index in [-0.39, 0.29) is 12.5 Å². The molecule has 0 bridgehead atoms. The van der Waals surface area contributed by atoms with E-state index in [0.717, 1.165) is 41.1 Å². The highest BCUT2D eigenvalue weighted by atomic mass is 16.5. The van der Waals surface area contributed by atoms with Crippen LogP contribution in [0.3, 0.4) is 0 Å². The van der Waals surface area contributed by atoms with Gasteiger partial charge in [0.05, 0.1) is 37.8 Å². The second kappa shape index (κ2) is 21.1. The SMILES string of the molecule is C=CC(=O)OCCCCOc1ccc(/C=N/c2ccc(OC(=O)/C=C/c3ccc(OCCCCOC(=O)C=C)cc3NC(C)=O)cc2C)cc1. The third-order valence-corrected chi connectivity index (χ3v) is 6.79. The molecule has 3 aromatic carbocycles. The summed E-state index contributed by atoms with van der Waals surface area (Å²) in [5.74, 6) is -0.129. The largest absolute Gasteiger partial charge is 0.494 e. The van der Waals surface area contributed by atoms with Gasteiger partial charge in [0.25, 0.3) is 0 Å². The van der Waals surface area contributed by atoms with Gasteiger partial charge in [-0.3, -0.25) is 9.79 Å². The van der Waals surface area contributed by atoms with Gasteiger partial charge >= 0.3 is 17.9 Å². The lowest BCUT2D eigenvalue weighted by molar-refractivity contribution is -0.138. The highest BCUT2D eigenvalue weighted by molar-refractivity contribution is 5.94. The van der Waals surface area contributed by atoms with Crippen molar-refractivity contribution < 1.29 is 42.9 Å². The number of anilines is 1. The molecule has 0 radical (unpaired) electrons. The monoisotopic (exact) mass is 682 g/mol. The zero-order chi connectivity index (χ0) is 36.1. The Bertz CT molecular complexity index is 1690. The number of hydrogen-bond donors (Lipinski definition) is 1. The lowest BCUT2D eigenvalue weighted by Gasteiger charge is -2.11. The Balaban J connectivity index is 1.49. The zero-order valence-electron chi connectivity index (χ0n) is 28.4. The second-order valence-electron chi connectivity index (χ2n) is 10.8. The van der Waals surface area contributed by atoms with Crippen molar-refractivity contribution in [1.29, 1.82) is 0 Å². The van der Waals surface area contributed by atoms with E-state index >= 15 is 0 Å². The molecule has 0 saturated heterocycles.